The van der Waals surface area contributed by atoms with Gasteiger partial charge in [0.25, 0.3) is 0 Å². The highest BCUT2D eigenvalue weighted by molar-refractivity contribution is 4.63. The molecule has 4 nitrogen and oxygen atoms in total. The Bertz CT molecular complexity index is 90.4. The van der Waals surface area contributed by atoms with Gasteiger partial charge in [0.05, 0.1) is 19.3 Å². The van der Waals surface area contributed by atoms with Gasteiger partial charge in [-0.2, -0.15) is 0 Å². The van der Waals surface area contributed by atoms with E-state index in [4.69, 9.17) is 14.6 Å². The Labute approximate surface area is 73.9 Å². The Hall–Kier alpha value is -0.160. The van der Waals surface area contributed by atoms with Crippen molar-refractivity contribution >= 4 is 0 Å². The summed E-state index contributed by atoms with van der Waals surface area (Å²) < 4.78 is 9.78. The summed E-state index contributed by atoms with van der Waals surface area (Å²) in [6.07, 6.45) is 0.955. The van der Waals surface area contributed by atoms with Crippen molar-refractivity contribution in [3.63, 3.8) is 0 Å². The molecule has 1 atom stereocenters. The third-order valence-corrected chi connectivity index (χ3v) is 1.55. The second-order valence-corrected chi connectivity index (χ2v) is 2.64. The van der Waals surface area contributed by atoms with Crippen molar-refractivity contribution in [1.82, 2.24) is 5.32 Å². The van der Waals surface area contributed by atoms with Crippen molar-refractivity contribution in [2.45, 2.75) is 12.5 Å². The minimum atomic E-state index is 0.0480. The fourth-order valence-corrected chi connectivity index (χ4v) is 0.900. The van der Waals surface area contributed by atoms with Gasteiger partial charge in [0.1, 0.15) is 0 Å². The monoisotopic (exact) mass is 177 g/mol. The SMILES string of the molecule is COCCCNC(CO)COC. The molecule has 0 aliphatic carbocycles. The summed E-state index contributed by atoms with van der Waals surface area (Å²) in [5, 5.41) is 12.0. The van der Waals surface area contributed by atoms with Gasteiger partial charge in [0.15, 0.2) is 0 Å². The van der Waals surface area contributed by atoms with Crippen molar-refractivity contribution in [2.75, 3.05) is 40.6 Å². The van der Waals surface area contributed by atoms with Gasteiger partial charge in [0, 0.05) is 20.8 Å². The number of aliphatic hydroxyl groups is 1. The maximum atomic E-state index is 8.84. The molecule has 0 saturated carbocycles. The van der Waals surface area contributed by atoms with E-state index in [9.17, 15) is 0 Å². The summed E-state index contributed by atoms with van der Waals surface area (Å²) in [7, 11) is 3.30. The van der Waals surface area contributed by atoms with Crippen LogP contribution in [0.2, 0.25) is 0 Å². The first-order chi connectivity index (χ1) is 5.85. The van der Waals surface area contributed by atoms with Crippen LogP contribution in [0.4, 0.5) is 0 Å². The summed E-state index contributed by atoms with van der Waals surface area (Å²) in [4.78, 5) is 0. The third kappa shape index (κ3) is 6.54. The molecule has 0 spiro atoms. The topological polar surface area (TPSA) is 50.7 Å². The van der Waals surface area contributed by atoms with Crippen LogP contribution in [0.3, 0.4) is 0 Å². The fraction of sp³-hybridized carbons (Fsp3) is 1.00. The van der Waals surface area contributed by atoms with Crippen LogP contribution in [-0.4, -0.2) is 51.7 Å². The standard InChI is InChI=1S/C8H19NO3/c1-11-5-3-4-9-8(6-10)7-12-2/h8-10H,3-7H2,1-2H3. The lowest BCUT2D eigenvalue weighted by Crippen LogP contribution is -2.37. The van der Waals surface area contributed by atoms with Crippen molar-refractivity contribution in [3.05, 3.63) is 0 Å². The van der Waals surface area contributed by atoms with Crippen LogP contribution in [-0.2, 0) is 9.47 Å². The molecule has 74 valence electrons. The number of hydrogen-bond donors (Lipinski definition) is 2. The molecule has 2 N–H and O–H groups in total. The zero-order chi connectivity index (χ0) is 9.23. The van der Waals surface area contributed by atoms with E-state index in [1.807, 2.05) is 0 Å². The zero-order valence-electron chi connectivity index (χ0n) is 7.88. The molecule has 0 heterocycles. The number of hydrogen-bond acceptors (Lipinski definition) is 4. The second-order valence-electron chi connectivity index (χ2n) is 2.64. The Kier molecular flexibility index (Phi) is 8.81. The van der Waals surface area contributed by atoms with Gasteiger partial charge in [0.2, 0.25) is 0 Å². The normalized spacial score (nSPS) is 13.2. The van der Waals surface area contributed by atoms with Gasteiger partial charge >= 0.3 is 0 Å². The predicted molar refractivity (Wildman–Crippen MR) is 47.2 cm³/mol. The number of ether oxygens (including phenoxy) is 2. The van der Waals surface area contributed by atoms with E-state index >= 15 is 0 Å². The average Bonchev–Trinajstić information content (AvgIpc) is 2.10. The molecule has 0 aromatic heterocycles. The molecule has 0 rings (SSSR count). The minimum absolute atomic E-state index is 0.0480. The number of rotatable bonds is 8. The first kappa shape index (κ1) is 11.8. The maximum absolute atomic E-state index is 8.84. The molecule has 0 amide bonds. The molecule has 0 aromatic carbocycles. The molecule has 1 unspecified atom stereocenters. The first-order valence-corrected chi connectivity index (χ1v) is 4.17. The van der Waals surface area contributed by atoms with Crippen LogP contribution in [0.5, 0.6) is 0 Å². The summed E-state index contributed by atoms with van der Waals surface area (Å²) in [6.45, 7) is 2.25. The molecule has 0 radical (unpaired) electrons. The van der Waals surface area contributed by atoms with E-state index < -0.39 is 0 Å². The zero-order valence-corrected chi connectivity index (χ0v) is 7.88. The van der Waals surface area contributed by atoms with E-state index in [-0.39, 0.29) is 12.6 Å². The lowest BCUT2D eigenvalue weighted by Gasteiger charge is -2.14. The summed E-state index contributed by atoms with van der Waals surface area (Å²) in [5.41, 5.74) is 0. The lowest BCUT2D eigenvalue weighted by atomic mass is 10.3. The molecule has 0 fully saturated rings. The predicted octanol–water partition coefficient (Wildman–Crippen LogP) is -0.380. The summed E-state index contributed by atoms with van der Waals surface area (Å²) in [6, 6.07) is 0.0480. The molecule has 4 heteroatoms. The summed E-state index contributed by atoms with van der Waals surface area (Å²) >= 11 is 0. The highest BCUT2D eigenvalue weighted by Crippen LogP contribution is 1.84. The van der Waals surface area contributed by atoms with Crippen LogP contribution in [0.25, 0.3) is 0 Å². The number of aliphatic hydroxyl groups excluding tert-OH is 1. The van der Waals surface area contributed by atoms with E-state index in [2.05, 4.69) is 5.32 Å². The smallest absolute Gasteiger partial charge is 0.0638 e. The maximum Gasteiger partial charge on any atom is 0.0638 e. The summed E-state index contributed by atoms with van der Waals surface area (Å²) in [5.74, 6) is 0. The van der Waals surface area contributed by atoms with Crippen molar-refractivity contribution in [3.8, 4) is 0 Å². The average molecular weight is 177 g/mol. The molecule has 0 aliphatic heterocycles. The van der Waals surface area contributed by atoms with Crippen molar-refractivity contribution < 1.29 is 14.6 Å². The largest absolute Gasteiger partial charge is 0.395 e. The Morgan fingerprint density at radius 1 is 1.33 bits per heavy atom. The van der Waals surface area contributed by atoms with Crippen LogP contribution in [0.15, 0.2) is 0 Å². The van der Waals surface area contributed by atoms with Gasteiger partial charge in [-0.1, -0.05) is 0 Å². The van der Waals surface area contributed by atoms with Gasteiger partial charge in [-0.15, -0.1) is 0 Å². The molecule has 0 aromatic rings. The van der Waals surface area contributed by atoms with E-state index in [0.717, 1.165) is 19.6 Å². The Balaban J connectivity index is 3.19. The molecular formula is C8H19NO3. The quantitative estimate of drug-likeness (QED) is 0.496. The van der Waals surface area contributed by atoms with Crippen molar-refractivity contribution in [1.29, 1.82) is 0 Å². The van der Waals surface area contributed by atoms with Crippen LogP contribution in [0, 0.1) is 0 Å². The number of nitrogens with one attached hydrogen (secondary N) is 1. The Morgan fingerprint density at radius 2 is 2.08 bits per heavy atom. The Morgan fingerprint density at radius 3 is 2.58 bits per heavy atom. The third-order valence-electron chi connectivity index (χ3n) is 1.55. The molecular weight excluding hydrogens is 158 g/mol. The van der Waals surface area contributed by atoms with Gasteiger partial charge in [-0.25, -0.2) is 0 Å². The number of methoxy groups -OCH3 is 2. The van der Waals surface area contributed by atoms with Crippen molar-refractivity contribution in [2.24, 2.45) is 0 Å². The molecule has 12 heavy (non-hydrogen) atoms. The second kappa shape index (κ2) is 8.93. The minimum Gasteiger partial charge on any atom is -0.395 e. The molecule has 0 bridgehead atoms. The van der Waals surface area contributed by atoms with E-state index in [1.165, 1.54) is 0 Å². The van der Waals surface area contributed by atoms with Gasteiger partial charge < -0.3 is 19.9 Å². The molecule has 0 aliphatic rings. The fourth-order valence-electron chi connectivity index (χ4n) is 0.900. The van der Waals surface area contributed by atoms with Crippen LogP contribution < -0.4 is 5.32 Å². The van der Waals surface area contributed by atoms with E-state index in [0.29, 0.717) is 6.61 Å². The highest BCUT2D eigenvalue weighted by atomic mass is 16.5. The lowest BCUT2D eigenvalue weighted by molar-refractivity contribution is 0.125. The van der Waals surface area contributed by atoms with Gasteiger partial charge in [-0.05, 0) is 13.0 Å². The first-order valence-electron chi connectivity index (χ1n) is 4.17. The van der Waals surface area contributed by atoms with E-state index in [1.54, 1.807) is 14.2 Å². The van der Waals surface area contributed by atoms with Gasteiger partial charge in [-0.3, -0.25) is 0 Å². The van der Waals surface area contributed by atoms with Crippen LogP contribution in [0.1, 0.15) is 6.42 Å². The molecule has 0 saturated heterocycles. The van der Waals surface area contributed by atoms with Crippen LogP contribution >= 0.6 is 0 Å². The highest BCUT2D eigenvalue weighted by Gasteiger charge is 2.03.